The Balaban J connectivity index is 2.41. The first kappa shape index (κ1) is 16.4. The van der Waals surface area contributed by atoms with E-state index < -0.39 is 11.2 Å². The first-order valence-electron chi connectivity index (χ1n) is 7.30. The van der Waals surface area contributed by atoms with Crippen molar-refractivity contribution in [2.45, 2.75) is 11.9 Å². The zero-order valence-corrected chi connectivity index (χ0v) is 14.2. The van der Waals surface area contributed by atoms with Crippen LogP contribution in [0.2, 0.25) is 0 Å². The van der Waals surface area contributed by atoms with Gasteiger partial charge in [-0.15, -0.1) is 11.8 Å². The number of aromatic nitrogens is 4. The van der Waals surface area contributed by atoms with Crippen LogP contribution in [0.15, 0.2) is 38.9 Å². The minimum Gasteiger partial charge on any atom is -0.280 e. The SMILES string of the molecule is CCSc1nc(-c2ccc(F)cc2)nc2c1c(=O)n(C)c(=O)n2C. The van der Waals surface area contributed by atoms with Crippen LogP contribution in [0, 0.1) is 5.82 Å². The van der Waals surface area contributed by atoms with Crippen LogP contribution in [0.25, 0.3) is 22.4 Å². The van der Waals surface area contributed by atoms with Gasteiger partial charge >= 0.3 is 5.69 Å². The summed E-state index contributed by atoms with van der Waals surface area (Å²) in [5.41, 5.74) is 0.0103. The van der Waals surface area contributed by atoms with E-state index in [1.807, 2.05) is 6.92 Å². The van der Waals surface area contributed by atoms with Gasteiger partial charge in [0, 0.05) is 19.7 Å². The lowest BCUT2D eigenvalue weighted by atomic mass is 10.2. The zero-order valence-electron chi connectivity index (χ0n) is 13.4. The quantitative estimate of drug-likeness (QED) is 0.535. The van der Waals surface area contributed by atoms with Crippen molar-refractivity contribution in [2.75, 3.05) is 5.75 Å². The highest BCUT2D eigenvalue weighted by atomic mass is 32.2. The lowest BCUT2D eigenvalue weighted by Crippen LogP contribution is -2.37. The van der Waals surface area contributed by atoms with E-state index in [-0.39, 0.29) is 11.5 Å². The molecule has 8 heteroatoms. The van der Waals surface area contributed by atoms with Crippen LogP contribution in [0.4, 0.5) is 4.39 Å². The molecule has 0 saturated carbocycles. The van der Waals surface area contributed by atoms with Gasteiger partial charge in [-0.2, -0.15) is 0 Å². The van der Waals surface area contributed by atoms with Crippen molar-refractivity contribution in [1.29, 1.82) is 0 Å². The van der Waals surface area contributed by atoms with Crippen LogP contribution in [0.1, 0.15) is 6.92 Å². The van der Waals surface area contributed by atoms with Crippen molar-refractivity contribution in [3.05, 3.63) is 50.9 Å². The fourth-order valence-corrected chi connectivity index (χ4v) is 3.15. The van der Waals surface area contributed by atoms with Crippen molar-refractivity contribution in [1.82, 2.24) is 19.1 Å². The Kier molecular flexibility index (Phi) is 4.23. The molecule has 2 heterocycles. The summed E-state index contributed by atoms with van der Waals surface area (Å²) >= 11 is 1.40. The molecule has 3 rings (SSSR count). The van der Waals surface area contributed by atoms with E-state index in [0.717, 1.165) is 4.57 Å². The normalized spacial score (nSPS) is 11.2. The van der Waals surface area contributed by atoms with E-state index >= 15 is 0 Å². The summed E-state index contributed by atoms with van der Waals surface area (Å²) in [6.45, 7) is 1.95. The van der Waals surface area contributed by atoms with Crippen molar-refractivity contribution in [3.8, 4) is 11.4 Å². The number of thioether (sulfide) groups is 1. The number of benzene rings is 1. The van der Waals surface area contributed by atoms with Gasteiger partial charge in [-0.05, 0) is 30.0 Å². The molecule has 0 N–H and O–H groups in total. The van der Waals surface area contributed by atoms with Crippen LogP contribution in [0.5, 0.6) is 0 Å². The molecule has 0 amide bonds. The molecule has 0 saturated heterocycles. The molecule has 0 fully saturated rings. The smallest absolute Gasteiger partial charge is 0.280 e. The molecule has 0 aliphatic rings. The first-order chi connectivity index (χ1) is 11.4. The Hall–Kier alpha value is -2.48. The molecule has 0 spiro atoms. The Bertz CT molecular complexity index is 1040. The molecule has 6 nitrogen and oxygen atoms in total. The molecule has 1 aromatic carbocycles. The van der Waals surface area contributed by atoms with Gasteiger partial charge < -0.3 is 0 Å². The molecule has 124 valence electrons. The number of aryl methyl sites for hydroxylation is 1. The van der Waals surface area contributed by atoms with Crippen molar-refractivity contribution in [2.24, 2.45) is 14.1 Å². The van der Waals surface area contributed by atoms with Gasteiger partial charge in [0.2, 0.25) is 0 Å². The van der Waals surface area contributed by atoms with Gasteiger partial charge in [-0.1, -0.05) is 6.92 Å². The second-order valence-electron chi connectivity index (χ2n) is 5.20. The Morgan fingerprint density at radius 2 is 1.75 bits per heavy atom. The highest BCUT2D eigenvalue weighted by Gasteiger charge is 2.17. The third-order valence-electron chi connectivity index (χ3n) is 3.65. The standard InChI is InChI=1S/C16H15FN4O2S/c1-4-24-14-11-13(20(2)16(23)21(3)15(11)22)18-12(19-14)9-5-7-10(17)8-6-9/h5-8H,4H2,1-3H3. The summed E-state index contributed by atoms with van der Waals surface area (Å²) in [5.74, 6) is 0.701. The lowest BCUT2D eigenvalue weighted by Gasteiger charge is -2.11. The van der Waals surface area contributed by atoms with Gasteiger partial charge in [-0.3, -0.25) is 13.9 Å². The summed E-state index contributed by atoms with van der Waals surface area (Å²) in [5, 5.41) is 0.829. The zero-order chi connectivity index (χ0) is 17.4. The topological polar surface area (TPSA) is 69.8 Å². The van der Waals surface area contributed by atoms with E-state index in [1.165, 1.54) is 35.5 Å². The third kappa shape index (κ3) is 2.62. The molecule has 24 heavy (non-hydrogen) atoms. The van der Waals surface area contributed by atoms with Crippen LogP contribution in [-0.2, 0) is 14.1 Å². The van der Waals surface area contributed by atoms with E-state index in [0.29, 0.717) is 27.6 Å². The molecule has 0 aliphatic heterocycles. The Morgan fingerprint density at radius 1 is 1.08 bits per heavy atom. The molecule has 0 bridgehead atoms. The van der Waals surface area contributed by atoms with Crippen LogP contribution in [0.3, 0.4) is 0 Å². The molecule has 3 aromatic rings. The van der Waals surface area contributed by atoms with Crippen molar-refractivity contribution in [3.63, 3.8) is 0 Å². The van der Waals surface area contributed by atoms with Crippen LogP contribution < -0.4 is 11.2 Å². The van der Waals surface area contributed by atoms with Gasteiger partial charge in [0.1, 0.15) is 16.2 Å². The monoisotopic (exact) mass is 346 g/mol. The number of nitrogens with zero attached hydrogens (tertiary/aromatic N) is 4. The van der Waals surface area contributed by atoms with Crippen molar-refractivity contribution < 1.29 is 4.39 Å². The molecule has 0 unspecified atom stereocenters. The maximum Gasteiger partial charge on any atom is 0.332 e. The second-order valence-corrected chi connectivity index (χ2v) is 6.45. The van der Waals surface area contributed by atoms with Crippen LogP contribution in [-0.4, -0.2) is 24.9 Å². The van der Waals surface area contributed by atoms with E-state index in [4.69, 9.17) is 0 Å². The summed E-state index contributed by atoms with van der Waals surface area (Å²) in [4.78, 5) is 33.5. The third-order valence-corrected chi connectivity index (χ3v) is 4.51. The first-order valence-corrected chi connectivity index (χ1v) is 8.29. The Labute approximate surface area is 141 Å². The number of hydrogen-bond donors (Lipinski definition) is 0. The Morgan fingerprint density at radius 3 is 2.38 bits per heavy atom. The molecule has 0 aliphatic carbocycles. The number of hydrogen-bond acceptors (Lipinski definition) is 5. The van der Waals surface area contributed by atoms with Gasteiger partial charge in [0.05, 0.1) is 0 Å². The maximum atomic E-state index is 13.1. The number of fused-ring (bicyclic) bond motifs is 1. The summed E-state index contributed by atoms with van der Waals surface area (Å²) in [7, 11) is 2.99. The molecular weight excluding hydrogens is 331 g/mol. The molecule has 2 aromatic heterocycles. The van der Waals surface area contributed by atoms with E-state index in [2.05, 4.69) is 9.97 Å². The largest absolute Gasteiger partial charge is 0.332 e. The average Bonchev–Trinajstić information content (AvgIpc) is 2.58. The predicted molar refractivity (Wildman–Crippen MR) is 91.8 cm³/mol. The van der Waals surface area contributed by atoms with E-state index in [1.54, 1.807) is 19.2 Å². The fraction of sp³-hybridized carbons (Fsp3) is 0.250. The average molecular weight is 346 g/mol. The van der Waals surface area contributed by atoms with Gasteiger partial charge in [0.25, 0.3) is 5.56 Å². The summed E-state index contributed by atoms with van der Waals surface area (Å²) < 4.78 is 15.5. The minimum atomic E-state index is -0.455. The molecular formula is C16H15FN4O2S. The summed E-state index contributed by atoms with van der Waals surface area (Å²) in [6, 6.07) is 5.77. The van der Waals surface area contributed by atoms with Gasteiger partial charge in [0.15, 0.2) is 11.5 Å². The lowest BCUT2D eigenvalue weighted by molar-refractivity contribution is 0.628. The number of rotatable bonds is 3. The second kappa shape index (κ2) is 6.20. The minimum absolute atomic E-state index is 0.272. The fourth-order valence-electron chi connectivity index (χ4n) is 2.40. The van der Waals surface area contributed by atoms with Crippen LogP contribution >= 0.6 is 11.8 Å². The summed E-state index contributed by atoms with van der Waals surface area (Å²) in [6.07, 6.45) is 0. The highest BCUT2D eigenvalue weighted by molar-refractivity contribution is 7.99. The van der Waals surface area contributed by atoms with E-state index in [9.17, 15) is 14.0 Å². The van der Waals surface area contributed by atoms with Gasteiger partial charge in [-0.25, -0.2) is 19.2 Å². The van der Waals surface area contributed by atoms with Crippen molar-refractivity contribution >= 4 is 22.8 Å². The highest BCUT2D eigenvalue weighted by Crippen LogP contribution is 2.25. The molecule has 0 radical (unpaired) electrons. The maximum absolute atomic E-state index is 13.1. The predicted octanol–water partition coefficient (Wildman–Crippen LogP) is 1.95. The molecule has 0 atom stereocenters. The number of halogens is 1.